The first kappa shape index (κ1) is 16.9. The number of hydrogen-bond acceptors (Lipinski definition) is 3. The number of aliphatic imine (C=N–C) groups is 1. The minimum Gasteiger partial charge on any atom is -0.318 e. The second-order valence-electron chi connectivity index (χ2n) is 5.67. The van der Waals surface area contributed by atoms with Gasteiger partial charge in [-0.1, -0.05) is 17.7 Å². The standard InChI is InChI=1S/C19H16ClN3O2/c1-13-10-15(12-21-17-6-8-18(9-7-17)23(24)25)14(2)22(13)19-5-3-4-16(20)11-19/h3-12H,1-2H3. The zero-order valence-electron chi connectivity index (χ0n) is 13.8. The predicted molar refractivity (Wildman–Crippen MR) is 101 cm³/mol. The van der Waals surface area contributed by atoms with Crippen molar-refractivity contribution >= 4 is 29.2 Å². The van der Waals surface area contributed by atoms with Gasteiger partial charge in [0.05, 0.1) is 10.6 Å². The van der Waals surface area contributed by atoms with Gasteiger partial charge in [0.1, 0.15) is 0 Å². The zero-order chi connectivity index (χ0) is 18.0. The predicted octanol–water partition coefficient (Wildman–Crippen LogP) is 5.41. The first-order valence-corrected chi connectivity index (χ1v) is 8.07. The molecule has 6 heteroatoms. The topological polar surface area (TPSA) is 60.4 Å². The average molecular weight is 354 g/mol. The quantitative estimate of drug-likeness (QED) is 0.358. The van der Waals surface area contributed by atoms with E-state index in [2.05, 4.69) is 9.56 Å². The maximum absolute atomic E-state index is 10.7. The fourth-order valence-corrected chi connectivity index (χ4v) is 2.92. The maximum Gasteiger partial charge on any atom is 0.269 e. The lowest BCUT2D eigenvalue weighted by molar-refractivity contribution is -0.384. The van der Waals surface area contributed by atoms with Crippen LogP contribution >= 0.6 is 11.6 Å². The second-order valence-corrected chi connectivity index (χ2v) is 6.11. The van der Waals surface area contributed by atoms with Crippen molar-refractivity contribution in [1.82, 2.24) is 4.57 Å². The van der Waals surface area contributed by atoms with Crippen molar-refractivity contribution < 1.29 is 4.92 Å². The molecule has 3 rings (SSSR count). The summed E-state index contributed by atoms with van der Waals surface area (Å²) in [4.78, 5) is 14.7. The summed E-state index contributed by atoms with van der Waals surface area (Å²) in [5.74, 6) is 0. The minimum absolute atomic E-state index is 0.0538. The lowest BCUT2D eigenvalue weighted by Crippen LogP contribution is -1.99. The van der Waals surface area contributed by atoms with E-state index in [0.717, 1.165) is 22.6 Å². The molecule has 0 radical (unpaired) electrons. The van der Waals surface area contributed by atoms with E-state index >= 15 is 0 Å². The molecular formula is C19H16ClN3O2. The molecule has 0 unspecified atom stereocenters. The van der Waals surface area contributed by atoms with Gasteiger partial charge < -0.3 is 4.57 Å². The molecule has 0 atom stereocenters. The smallest absolute Gasteiger partial charge is 0.269 e. The van der Waals surface area contributed by atoms with Crippen LogP contribution in [0.4, 0.5) is 11.4 Å². The summed E-state index contributed by atoms with van der Waals surface area (Å²) in [6.07, 6.45) is 1.77. The highest BCUT2D eigenvalue weighted by Gasteiger charge is 2.10. The van der Waals surface area contributed by atoms with Gasteiger partial charge >= 0.3 is 0 Å². The third-order valence-electron chi connectivity index (χ3n) is 3.95. The van der Waals surface area contributed by atoms with Crippen LogP contribution < -0.4 is 0 Å². The summed E-state index contributed by atoms with van der Waals surface area (Å²) in [6, 6.07) is 15.9. The van der Waals surface area contributed by atoms with E-state index in [0.29, 0.717) is 10.7 Å². The molecule has 0 aliphatic rings. The van der Waals surface area contributed by atoms with E-state index in [4.69, 9.17) is 11.6 Å². The fraction of sp³-hybridized carbons (Fsp3) is 0.105. The average Bonchev–Trinajstić information content (AvgIpc) is 2.87. The molecule has 0 spiro atoms. The van der Waals surface area contributed by atoms with E-state index in [1.54, 1.807) is 18.3 Å². The Kier molecular flexibility index (Phi) is 4.67. The second kappa shape index (κ2) is 6.91. The molecule has 3 aromatic rings. The van der Waals surface area contributed by atoms with Gasteiger partial charge in [-0.05, 0) is 50.2 Å². The highest BCUT2D eigenvalue weighted by Crippen LogP contribution is 2.23. The molecule has 1 aromatic heterocycles. The van der Waals surface area contributed by atoms with Crippen molar-refractivity contribution in [2.24, 2.45) is 4.99 Å². The highest BCUT2D eigenvalue weighted by atomic mass is 35.5. The molecule has 25 heavy (non-hydrogen) atoms. The number of non-ortho nitro benzene ring substituents is 1. The van der Waals surface area contributed by atoms with Crippen molar-refractivity contribution in [3.63, 3.8) is 0 Å². The Labute approximate surface area is 150 Å². The van der Waals surface area contributed by atoms with Gasteiger partial charge in [-0.3, -0.25) is 15.1 Å². The summed E-state index contributed by atoms with van der Waals surface area (Å²) in [6.45, 7) is 4.04. The molecule has 0 fully saturated rings. The van der Waals surface area contributed by atoms with E-state index in [1.165, 1.54) is 12.1 Å². The molecule has 0 aliphatic heterocycles. The summed E-state index contributed by atoms with van der Waals surface area (Å²) < 4.78 is 2.11. The van der Waals surface area contributed by atoms with Crippen LogP contribution in [-0.4, -0.2) is 15.7 Å². The van der Waals surface area contributed by atoms with Crippen molar-refractivity contribution in [1.29, 1.82) is 0 Å². The maximum atomic E-state index is 10.7. The normalized spacial score (nSPS) is 11.2. The molecule has 2 aromatic carbocycles. The molecule has 0 saturated heterocycles. The Morgan fingerprint density at radius 2 is 1.84 bits per heavy atom. The molecule has 0 aliphatic carbocycles. The first-order valence-electron chi connectivity index (χ1n) is 7.69. The van der Waals surface area contributed by atoms with Gasteiger partial charge in [0.2, 0.25) is 0 Å². The zero-order valence-corrected chi connectivity index (χ0v) is 14.6. The van der Waals surface area contributed by atoms with E-state index in [1.807, 2.05) is 44.2 Å². The number of benzene rings is 2. The Hall–Kier alpha value is -2.92. The number of nitro benzene ring substituents is 1. The van der Waals surface area contributed by atoms with E-state index in [-0.39, 0.29) is 5.69 Å². The number of aryl methyl sites for hydroxylation is 1. The molecule has 0 saturated carbocycles. The van der Waals surface area contributed by atoms with Gasteiger partial charge in [-0.15, -0.1) is 0 Å². The van der Waals surface area contributed by atoms with Gasteiger partial charge in [0, 0.05) is 46.0 Å². The van der Waals surface area contributed by atoms with Gasteiger partial charge in [-0.25, -0.2) is 0 Å². The third-order valence-corrected chi connectivity index (χ3v) is 4.19. The molecule has 0 N–H and O–H groups in total. The number of rotatable bonds is 4. The first-order chi connectivity index (χ1) is 12.0. The number of nitro groups is 1. The lowest BCUT2D eigenvalue weighted by atomic mass is 10.2. The van der Waals surface area contributed by atoms with Crippen LogP contribution in [-0.2, 0) is 0 Å². The Morgan fingerprint density at radius 3 is 2.48 bits per heavy atom. The monoisotopic (exact) mass is 353 g/mol. The number of hydrogen-bond donors (Lipinski definition) is 0. The van der Waals surface area contributed by atoms with Crippen LogP contribution in [0.25, 0.3) is 5.69 Å². The van der Waals surface area contributed by atoms with Crippen molar-refractivity contribution in [3.8, 4) is 5.69 Å². The van der Waals surface area contributed by atoms with Crippen LogP contribution in [0.1, 0.15) is 17.0 Å². The minimum atomic E-state index is -0.424. The number of nitrogens with zero attached hydrogens (tertiary/aromatic N) is 3. The van der Waals surface area contributed by atoms with Gasteiger partial charge in [0.15, 0.2) is 0 Å². The summed E-state index contributed by atoms with van der Waals surface area (Å²) >= 11 is 6.09. The number of aromatic nitrogens is 1. The van der Waals surface area contributed by atoms with Crippen LogP contribution in [0.3, 0.4) is 0 Å². The van der Waals surface area contributed by atoms with Gasteiger partial charge in [0.25, 0.3) is 5.69 Å². The summed E-state index contributed by atoms with van der Waals surface area (Å²) in [7, 11) is 0. The number of halogens is 1. The van der Waals surface area contributed by atoms with Crippen molar-refractivity contribution in [2.75, 3.05) is 0 Å². The van der Waals surface area contributed by atoms with Gasteiger partial charge in [-0.2, -0.15) is 0 Å². The molecule has 5 nitrogen and oxygen atoms in total. The Balaban J connectivity index is 1.91. The van der Waals surface area contributed by atoms with Crippen LogP contribution in [0.2, 0.25) is 5.02 Å². The van der Waals surface area contributed by atoms with Crippen molar-refractivity contribution in [2.45, 2.75) is 13.8 Å². The Bertz CT molecular complexity index is 959. The molecule has 1 heterocycles. The molecule has 126 valence electrons. The van der Waals surface area contributed by atoms with Crippen molar-refractivity contribution in [3.05, 3.63) is 86.7 Å². The summed E-state index contributed by atoms with van der Waals surface area (Å²) in [5.41, 5.74) is 4.82. The highest BCUT2D eigenvalue weighted by molar-refractivity contribution is 6.30. The van der Waals surface area contributed by atoms with E-state index in [9.17, 15) is 10.1 Å². The molecule has 0 bridgehead atoms. The molecule has 0 amide bonds. The van der Waals surface area contributed by atoms with Crippen LogP contribution in [0.5, 0.6) is 0 Å². The SMILES string of the molecule is Cc1cc(C=Nc2ccc([N+](=O)[O-])cc2)c(C)n1-c1cccc(Cl)c1. The summed E-state index contributed by atoms with van der Waals surface area (Å²) in [5, 5.41) is 11.4. The largest absolute Gasteiger partial charge is 0.318 e. The van der Waals surface area contributed by atoms with Crippen LogP contribution in [0.15, 0.2) is 59.6 Å². The molecular weight excluding hydrogens is 338 g/mol. The fourth-order valence-electron chi connectivity index (χ4n) is 2.74. The Morgan fingerprint density at radius 1 is 1.12 bits per heavy atom. The lowest BCUT2D eigenvalue weighted by Gasteiger charge is -2.09. The van der Waals surface area contributed by atoms with E-state index < -0.39 is 4.92 Å². The third kappa shape index (κ3) is 3.61. The van der Waals surface area contributed by atoms with Crippen LogP contribution in [0, 0.1) is 24.0 Å².